The van der Waals surface area contributed by atoms with Gasteiger partial charge < -0.3 is 4.90 Å². The lowest BCUT2D eigenvalue weighted by atomic mass is 10.1. The van der Waals surface area contributed by atoms with Gasteiger partial charge in [0.25, 0.3) is 0 Å². The second-order valence-electron chi connectivity index (χ2n) is 4.16. The summed E-state index contributed by atoms with van der Waals surface area (Å²) in [5, 5.41) is 9.14. The van der Waals surface area contributed by atoms with E-state index < -0.39 is 21.0 Å². The number of benzene rings is 1. The Bertz CT molecular complexity index is 548. The molecule has 0 saturated heterocycles. The average molecular weight is 270 g/mol. The van der Waals surface area contributed by atoms with Crippen LogP contribution in [0.1, 0.15) is 23.4 Å². The van der Waals surface area contributed by atoms with E-state index in [0.717, 1.165) is 30.8 Å². The van der Waals surface area contributed by atoms with Gasteiger partial charge in [0.2, 0.25) is 10.7 Å². The fraction of sp³-hybridized carbons (Fsp3) is 0.455. The molecule has 6 nitrogen and oxygen atoms in total. The summed E-state index contributed by atoms with van der Waals surface area (Å²) in [4.78, 5) is 12.2. The SMILES string of the molecule is CCN1CCc2cc(C([N+](=O)[O-])[SH](=O)=O)ccc21. The van der Waals surface area contributed by atoms with Crippen LogP contribution in [-0.4, -0.2) is 26.4 Å². The number of nitro groups is 1. The van der Waals surface area contributed by atoms with Crippen molar-refractivity contribution in [2.75, 3.05) is 18.0 Å². The Morgan fingerprint density at radius 2 is 2.22 bits per heavy atom. The number of rotatable bonds is 4. The van der Waals surface area contributed by atoms with Gasteiger partial charge in [-0.05, 0) is 37.1 Å². The third kappa shape index (κ3) is 2.17. The fourth-order valence-corrected chi connectivity index (χ4v) is 2.86. The van der Waals surface area contributed by atoms with Crippen molar-refractivity contribution in [3.8, 4) is 0 Å². The Morgan fingerprint density at radius 1 is 1.50 bits per heavy atom. The molecule has 1 aliphatic rings. The van der Waals surface area contributed by atoms with Crippen molar-refractivity contribution >= 4 is 16.4 Å². The van der Waals surface area contributed by atoms with Gasteiger partial charge in [-0.1, -0.05) is 0 Å². The number of fused-ring (bicyclic) bond motifs is 1. The molecule has 0 saturated carbocycles. The molecule has 1 aromatic rings. The zero-order valence-electron chi connectivity index (χ0n) is 9.91. The van der Waals surface area contributed by atoms with E-state index in [4.69, 9.17) is 0 Å². The summed E-state index contributed by atoms with van der Waals surface area (Å²) in [5.74, 6) is 0. The van der Waals surface area contributed by atoms with Crippen LogP contribution >= 0.6 is 0 Å². The first-order chi connectivity index (χ1) is 8.54. The van der Waals surface area contributed by atoms with Gasteiger partial charge in [0.05, 0.1) is 0 Å². The summed E-state index contributed by atoms with van der Waals surface area (Å²) >= 11 is 0. The molecule has 1 aliphatic heterocycles. The topological polar surface area (TPSA) is 80.5 Å². The van der Waals surface area contributed by atoms with Gasteiger partial charge in [-0.2, -0.15) is 0 Å². The van der Waals surface area contributed by atoms with Crippen molar-refractivity contribution in [3.63, 3.8) is 0 Å². The number of hydrogen-bond donors (Lipinski definition) is 1. The van der Waals surface area contributed by atoms with E-state index in [9.17, 15) is 18.5 Å². The predicted octanol–water partition coefficient (Wildman–Crippen LogP) is 0.956. The lowest BCUT2D eigenvalue weighted by Crippen LogP contribution is -2.19. The minimum Gasteiger partial charge on any atom is -0.371 e. The summed E-state index contributed by atoms with van der Waals surface area (Å²) in [6.07, 6.45) is 0.803. The molecule has 1 heterocycles. The number of thiol groups is 1. The molecule has 7 heteroatoms. The number of nitrogens with zero attached hydrogens (tertiary/aromatic N) is 2. The molecule has 98 valence electrons. The Hall–Kier alpha value is -1.63. The Morgan fingerprint density at radius 3 is 2.78 bits per heavy atom. The van der Waals surface area contributed by atoms with Gasteiger partial charge in [0, 0.05) is 29.3 Å². The fourth-order valence-electron chi connectivity index (χ4n) is 2.30. The Balaban J connectivity index is 2.41. The largest absolute Gasteiger partial charge is 0.371 e. The van der Waals surface area contributed by atoms with Gasteiger partial charge >= 0.3 is 5.37 Å². The average Bonchev–Trinajstić information content (AvgIpc) is 2.70. The van der Waals surface area contributed by atoms with Crippen LogP contribution in [0.2, 0.25) is 0 Å². The van der Waals surface area contributed by atoms with Crippen molar-refractivity contribution in [2.45, 2.75) is 18.7 Å². The molecule has 1 aromatic carbocycles. The number of anilines is 1. The van der Waals surface area contributed by atoms with E-state index >= 15 is 0 Å². The molecule has 0 spiro atoms. The predicted molar refractivity (Wildman–Crippen MR) is 68.1 cm³/mol. The van der Waals surface area contributed by atoms with E-state index in [2.05, 4.69) is 4.90 Å². The first-order valence-electron chi connectivity index (χ1n) is 5.69. The lowest BCUT2D eigenvalue weighted by Gasteiger charge is -2.16. The normalized spacial score (nSPS) is 15.8. The van der Waals surface area contributed by atoms with E-state index in [1.807, 2.05) is 6.92 Å². The van der Waals surface area contributed by atoms with Crippen LogP contribution in [0.3, 0.4) is 0 Å². The Labute approximate surface area is 106 Å². The summed E-state index contributed by atoms with van der Waals surface area (Å²) in [5.41, 5.74) is 2.27. The van der Waals surface area contributed by atoms with Gasteiger partial charge in [-0.15, -0.1) is 0 Å². The highest BCUT2D eigenvalue weighted by Crippen LogP contribution is 2.31. The molecular weight excluding hydrogens is 256 g/mol. The molecule has 0 fully saturated rings. The molecule has 0 aliphatic carbocycles. The maximum Gasteiger partial charge on any atom is 0.332 e. The van der Waals surface area contributed by atoms with Gasteiger partial charge in [0.15, 0.2) is 0 Å². The molecule has 2 rings (SSSR count). The van der Waals surface area contributed by atoms with E-state index in [-0.39, 0.29) is 5.56 Å². The first kappa shape index (κ1) is 12.8. The van der Waals surface area contributed by atoms with Crippen molar-refractivity contribution in [3.05, 3.63) is 39.4 Å². The molecule has 18 heavy (non-hydrogen) atoms. The highest BCUT2D eigenvalue weighted by molar-refractivity contribution is 7.72. The smallest absolute Gasteiger partial charge is 0.332 e. The zero-order valence-corrected chi connectivity index (χ0v) is 10.8. The second-order valence-corrected chi connectivity index (χ2v) is 5.22. The van der Waals surface area contributed by atoms with Crippen LogP contribution in [0.15, 0.2) is 18.2 Å². The van der Waals surface area contributed by atoms with Gasteiger partial charge in [-0.3, -0.25) is 10.1 Å². The third-order valence-corrected chi connectivity index (χ3v) is 4.06. The summed E-state index contributed by atoms with van der Waals surface area (Å²) in [6, 6.07) is 4.95. The number of hydrogen-bond acceptors (Lipinski definition) is 5. The van der Waals surface area contributed by atoms with Crippen molar-refractivity contribution in [1.82, 2.24) is 0 Å². The van der Waals surface area contributed by atoms with E-state index in [1.165, 1.54) is 6.07 Å². The highest BCUT2D eigenvalue weighted by atomic mass is 32.2. The maximum absolute atomic E-state index is 10.9. The van der Waals surface area contributed by atoms with E-state index in [1.54, 1.807) is 12.1 Å². The third-order valence-electron chi connectivity index (χ3n) is 3.17. The van der Waals surface area contributed by atoms with Crippen LogP contribution in [0.4, 0.5) is 5.69 Å². The van der Waals surface area contributed by atoms with Gasteiger partial charge in [-0.25, -0.2) is 8.42 Å². The molecule has 1 atom stereocenters. The lowest BCUT2D eigenvalue weighted by molar-refractivity contribution is -0.502. The monoisotopic (exact) mass is 270 g/mol. The molecule has 0 bridgehead atoms. The van der Waals surface area contributed by atoms with Gasteiger partial charge in [0.1, 0.15) is 0 Å². The minimum atomic E-state index is -3.11. The van der Waals surface area contributed by atoms with Crippen LogP contribution in [-0.2, 0) is 17.1 Å². The quantitative estimate of drug-likeness (QED) is 0.500. The molecule has 0 aromatic heterocycles. The number of likely N-dealkylation sites (N-methyl/N-ethyl adjacent to an activating group) is 1. The van der Waals surface area contributed by atoms with Crippen LogP contribution in [0.5, 0.6) is 0 Å². The van der Waals surface area contributed by atoms with Crippen molar-refractivity contribution < 1.29 is 13.3 Å². The molecule has 0 radical (unpaired) electrons. The van der Waals surface area contributed by atoms with Crippen LogP contribution in [0.25, 0.3) is 0 Å². The minimum absolute atomic E-state index is 0.243. The zero-order chi connectivity index (χ0) is 13.3. The summed E-state index contributed by atoms with van der Waals surface area (Å²) in [7, 11) is -3.11. The maximum atomic E-state index is 10.9. The highest BCUT2D eigenvalue weighted by Gasteiger charge is 2.28. The van der Waals surface area contributed by atoms with Crippen molar-refractivity contribution in [2.24, 2.45) is 0 Å². The first-order valence-corrected chi connectivity index (χ1v) is 6.94. The Kier molecular flexibility index (Phi) is 3.51. The van der Waals surface area contributed by atoms with Crippen LogP contribution < -0.4 is 4.90 Å². The van der Waals surface area contributed by atoms with Crippen molar-refractivity contribution in [1.29, 1.82) is 0 Å². The standard InChI is InChI=1S/C11H14N2O4S/c1-2-12-6-5-8-7-9(3-4-10(8)12)11(13(14)15)18(16)17/h3-4,7,11,18H,2,5-6H2,1H3. The second kappa shape index (κ2) is 4.93. The summed E-state index contributed by atoms with van der Waals surface area (Å²) < 4.78 is 21.9. The molecule has 0 N–H and O–H groups in total. The van der Waals surface area contributed by atoms with E-state index in [0.29, 0.717) is 0 Å². The van der Waals surface area contributed by atoms with Crippen LogP contribution in [0, 0.1) is 10.1 Å². The molecular formula is C11H14N2O4S. The molecule has 0 amide bonds. The summed E-state index contributed by atoms with van der Waals surface area (Å²) in [6.45, 7) is 3.79. The molecule has 1 unspecified atom stereocenters.